The Morgan fingerprint density at radius 3 is 2.21 bits per heavy atom. The predicted octanol–water partition coefficient (Wildman–Crippen LogP) is 8.51. The molecule has 4 nitrogen and oxygen atoms in total. The molecule has 0 N–H and O–H groups in total. The number of aliphatic imine (C=N–C) groups is 1. The SMILES string of the molecule is CCOc1ccc(-n2c(-c3ccccc3)cc(C=Nc3cccc4cccnc34)c2-c2ccccc2)cc1. The van der Waals surface area contributed by atoms with Crippen LogP contribution in [0.3, 0.4) is 0 Å². The van der Waals surface area contributed by atoms with Crippen molar-refractivity contribution < 1.29 is 4.74 Å². The largest absolute Gasteiger partial charge is 0.494 e. The molecule has 6 aromatic rings. The van der Waals surface area contributed by atoms with Crippen LogP contribution in [-0.4, -0.2) is 22.4 Å². The highest BCUT2D eigenvalue weighted by atomic mass is 16.5. The van der Waals surface area contributed by atoms with Gasteiger partial charge in [-0.2, -0.15) is 0 Å². The maximum atomic E-state index is 5.72. The van der Waals surface area contributed by atoms with Crippen molar-refractivity contribution in [3.63, 3.8) is 0 Å². The number of aromatic nitrogens is 2. The molecule has 6 rings (SSSR count). The molecule has 0 saturated carbocycles. The minimum Gasteiger partial charge on any atom is -0.494 e. The van der Waals surface area contributed by atoms with Crippen LogP contribution < -0.4 is 4.74 Å². The summed E-state index contributed by atoms with van der Waals surface area (Å²) in [7, 11) is 0. The molecule has 4 heteroatoms. The van der Waals surface area contributed by atoms with Crippen molar-refractivity contribution >= 4 is 22.8 Å². The van der Waals surface area contributed by atoms with Gasteiger partial charge in [-0.25, -0.2) is 0 Å². The van der Waals surface area contributed by atoms with Gasteiger partial charge in [-0.3, -0.25) is 9.98 Å². The number of nitrogens with zero attached hydrogens (tertiary/aromatic N) is 3. The van der Waals surface area contributed by atoms with Crippen molar-refractivity contribution in [2.24, 2.45) is 4.99 Å². The van der Waals surface area contributed by atoms with Gasteiger partial charge in [0.2, 0.25) is 0 Å². The lowest BCUT2D eigenvalue weighted by atomic mass is 10.1. The lowest BCUT2D eigenvalue weighted by molar-refractivity contribution is 0.340. The van der Waals surface area contributed by atoms with E-state index in [-0.39, 0.29) is 0 Å². The van der Waals surface area contributed by atoms with E-state index in [1.165, 1.54) is 0 Å². The van der Waals surface area contributed by atoms with Crippen LogP contribution in [0.4, 0.5) is 5.69 Å². The zero-order valence-corrected chi connectivity index (χ0v) is 21.2. The number of fused-ring (bicyclic) bond motifs is 1. The Bertz CT molecular complexity index is 1700. The first-order chi connectivity index (χ1) is 18.8. The second-order valence-corrected chi connectivity index (χ2v) is 8.94. The molecular formula is C34H27N3O. The van der Waals surface area contributed by atoms with Crippen molar-refractivity contribution in [2.45, 2.75) is 6.92 Å². The number of benzene rings is 4. The zero-order chi connectivity index (χ0) is 25.7. The van der Waals surface area contributed by atoms with Gasteiger partial charge in [0.25, 0.3) is 0 Å². The summed E-state index contributed by atoms with van der Waals surface area (Å²) in [5.74, 6) is 0.858. The average molecular weight is 494 g/mol. The van der Waals surface area contributed by atoms with Crippen molar-refractivity contribution in [1.29, 1.82) is 0 Å². The molecule has 0 fully saturated rings. The Morgan fingerprint density at radius 2 is 1.47 bits per heavy atom. The maximum Gasteiger partial charge on any atom is 0.119 e. The van der Waals surface area contributed by atoms with Gasteiger partial charge < -0.3 is 9.30 Å². The van der Waals surface area contributed by atoms with Crippen LogP contribution in [-0.2, 0) is 0 Å². The number of hydrogen-bond donors (Lipinski definition) is 0. The van der Waals surface area contributed by atoms with Gasteiger partial charge >= 0.3 is 0 Å². The molecule has 0 unspecified atom stereocenters. The number of para-hydroxylation sites is 1. The Labute approximate surface area is 222 Å². The molecule has 0 saturated heterocycles. The van der Waals surface area contributed by atoms with E-state index in [4.69, 9.17) is 9.73 Å². The summed E-state index contributed by atoms with van der Waals surface area (Å²) < 4.78 is 8.03. The van der Waals surface area contributed by atoms with Gasteiger partial charge in [0.05, 0.1) is 29.2 Å². The minimum atomic E-state index is 0.636. The van der Waals surface area contributed by atoms with E-state index >= 15 is 0 Å². The molecule has 0 aliphatic carbocycles. The van der Waals surface area contributed by atoms with E-state index in [1.807, 2.05) is 61.8 Å². The second-order valence-electron chi connectivity index (χ2n) is 8.94. The van der Waals surface area contributed by atoms with Crippen LogP contribution in [0.1, 0.15) is 12.5 Å². The first-order valence-corrected chi connectivity index (χ1v) is 12.8. The van der Waals surface area contributed by atoms with E-state index in [1.54, 1.807) is 0 Å². The first-order valence-electron chi connectivity index (χ1n) is 12.8. The van der Waals surface area contributed by atoms with Gasteiger partial charge in [-0.15, -0.1) is 0 Å². The standard InChI is InChI=1S/C34H27N3O/c1-2-38-30-20-18-29(19-21-30)37-32(25-11-5-3-6-12-25)23-28(34(37)27-13-7-4-8-14-27)24-36-31-17-9-15-26-16-10-22-35-33(26)31/h3-24H,2H2,1H3. The molecular weight excluding hydrogens is 466 g/mol. The Hall–Kier alpha value is -4.96. The number of ether oxygens (including phenoxy) is 1. The Kier molecular flexibility index (Phi) is 6.52. The highest BCUT2D eigenvalue weighted by Gasteiger charge is 2.19. The summed E-state index contributed by atoms with van der Waals surface area (Å²) in [6, 6.07) is 41.5. The molecule has 184 valence electrons. The van der Waals surface area contributed by atoms with Gasteiger partial charge in [0, 0.05) is 29.0 Å². The van der Waals surface area contributed by atoms with E-state index in [9.17, 15) is 0 Å². The Morgan fingerprint density at radius 1 is 0.763 bits per heavy atom. The van der Waals surface area contributed by atoms with Crippen molar-refractivity contribution in [3.8, 4) is 34.0 Å². The smallest absolute Gasteiger partial charge is 0.119 e. The van der Waals surface area contributed by atoms with Gasteiger partial charge in [-0.1, -0.05) is 78.9 Å². The third-order valence-corrected chi connectivity index (χ3v) is 6.51. The van der Waals surface area contributed by atoms with Crippen molar-refractivity contribution in [2.75, 3.05) is 6.61 Å². The van der Waals surface area contributed by atoms with Gasteiger partial charge in [0.15, 0.2) is 0 Å². The summed E-state index contributed by atoms with van der Waals surface area (Å²) in [6.07, 6.45) is 3.77. The zero-order valence-electron chi connectivity index (χ0n) is 21.2. The van der Waals surface area contributed by atoms with Crippen molar-refractivity contribution in [1.82, 2.24) is 9.55 Å². The van der Waals surface area contributed by atoms with Gasteiger partial charge in [-0.05, 0) is 60.5 Å². The summed E-state index contributed by atoms with van der Waals surface area (Å²) in [4.78, 5) is 9.53. The Balaban J connectivity index is 1.58. The fraction of sp³-hybridized carbons (Fsp3) is 0.0588. The quantitative estimate of drug-likeness (QED) is 0.209. The predicted molar refractivity (Wildman–Crippen MR) is 157 cm³/mol. The molecule has 2 heterocycles. The maximum absolute atomic E-state index is 5.72. The van der Waals surface area contributed by atoms with Crippen LogP contribution in [0.2, 0.25) is 0 Å². The summed E-state index contributed by atoms with van der Waals surface area (Å²) in [6.45, 7) is 2.63. The molecule has 38 heavy (non-hydrogen) atoms. The molecule has 0 bridgehead atoms. The van der Waals surface area contributed by atoms with Crippen LogP contribution in [0.15, 0.2) is 133 Å². The minimum absolute atomic E-state index is 0.636. The summed E-state index contributed by atoms with van der Waals surface area (Å²) in [5.41, 5.74) is 8.22. The number of hydrogen-bond acceptors (Lipinski definition) is 3. The lowest BCUT2D eigenvalue weighted by Crippen LogP contribution is -2.01. The highest BCUT2D eigenvalue weighted by Crippen LogP contribution is 2.36. The monoisotopic (exact) mass is 493 g/mol. The lowest BCUT2D eigenvalue weighted by Gasteiger charge is -2.15. The molecule has 4 aromatic carbocycles. The first kappa shape index (κ1) is 23.4. The average Bonchev–Trinajstić information content (AvgIpc) is 3.37. The van der Waals surface area contributed by atoms with Crippen LogP contribution in [0.5, 0.6) is 5.75 Å². The van der Waals surface area contributed by atoms with E-state index in [0.717, 1.165) is 56.1 Å². The summed E-state index contributed by atoms with van der Waals surface area (Å²) in [5, 5.41) is 1.07. The molecule has 0 radical (unpaired) electrons. The molecule has 0 spiro atoms. The molecule has 0 aliphatic heterocycles. The normalized spacial score (nSPS) is 11.3. The van der Waals surface area contributed by atoms with Crippen molar-refractivity contribution in [3.05, 3.63) is 133 Å². The summed E-state index contributed by atoms with van der Waals surface area (Å²) >= 11 is 0. The molecule has 2 aromatic heterocycles. The highest BCUT2D eigenvalue weighted by molar-refractivity contribution is 5.97. The molecule has 0 aliphatic rings. The topological polar surface area (TPSA) is 39.4 Å². The number of rotatable bonds is 7. The van der Waals surface area contributed by atoms with Crippen LogP contribution in [0.25, 0.3) is 39.1 Å². The molecule has 0 amide bonds. The van der Waals surface area contributed by atoms with E-state index in [2.05, 4.69) is 88.4 Å². The molecule has 0 atom stereocenters. The van der Waals surface area contributed by atoms with Gasteiger partial charge in [0.1, 0.15) is 5.75 Å². The fourth-order valence-electron chi connectivity index (χ4n) is 4.80. The fourth-order valence-corrected chi connectivity index (χ4v) is 4.80. The second kappa shape index (κ2) is 10.6. The third kappa shape index (κ3) is 4.60. The number of pyridine rings is 1. The van der Waals surface area contributed by atoms with E-state index in [0.29, 0.717) is 6.61 Å². The van der Waals surface area contributed by atoms with E-state index < -0.39 is 0 Å². The third-order valence-electron chi connectivity index (χ3n) is 6.51. The van der Waals surface area contributed by atoms with Crippen LogP contribution >= 0.6 is 0 Å². The van der Waals surface area contributed by atoms with Crippen LogP contribution in [0, 0.1) is 0 Å².